The van der Waals surface area contributed by atoms with E-state index in [2.05, 4.69) is 10.1 Å². The Hall–Kier alpha value is -3.04. The number of carbonyl (C=O) groups is 1. The van der Waals surface area contributed by atoms with Gasteiger partial charge in [0, 0.05) is 18.7 Å². The zero-order chi connectivity index (χ0) is 21.7. The molecule has 3 aromatic rings. The van der Waals surface area contributed by atoms with E-state index in [1.165, 1.54) is 28.6 Å². The molecular formula is C21H23N3O5S. The Bertz CT molecular complexity index is 1100. The van der Waals surface area contributed by atoms with E-state index in [0.29, 0.717) is 18.9 Å². The standard InChI is InChI=1S/C21H23N3O5S/c1-4-24(5-2)30(26,27)18-12-10-17(11-13-18)21(25)28-14-19-22-20(23-29-19)16-8-6-15(3)7-9-16/h6-13H,4-5,14H2,1-3H3. The van der Waals surface area contributed by atoms with Crippen molar-refractivity contribution in [2.45, 2.75) is 32.3 Å². The molecule has 2 aromatic carbocycles. The Morgan fingerprint density at radius 3 is 2.27 bits per heavy atom. The van der Waals surface area contributed by atoms with Crippen LogP contribution in [0.15, 0.2) is 57.9 Å². The largest absolute Gasteiger partial charge is 0.452 e. The fourth-order valence-corrected chi connectivity index (χ4v) is 4.28. The number of hydrogen-bond donors (Lipinski definition) is 0. The lowest BCUT2D eigenvalue weighted by atomic mass is 10.1. The highest BCUT2D eigenvalue weighted by atomic mass is 32.2. The fourth-order valence-electron chi connectivity index (χ4n) is 2.82. The van der Waals surface area contributed by atoms with Crippen molar-refractivity contribution in [3.63, 3.8) is 0 Å². The van der Waals surface area contributed by atoms with E-state index in [1.807, 2.05) is 31.2 Å². The van der Waals surface area contributed by atoms with Crippen LogP contribution in [-0.2, 0) is 21.4 Å². The number of nitrogens with zero attached hydrogens (tertiary/aromatic N) is 3. The summed E-state index contributed by atoms with van der Waals surface area (Å²) in [5.74, 6) is -0.0384. The second-order valence-electron chi connectivity index (χ2n) is 6.57. The fraction of sp³-hybridized carbons (Fsp3) is 0.286. The van der Waals surface area contributed by atoms with Crippen LogP contribution in [0.3, 0.4) is 0 Å². The summed E-state index contributed by atoms with van der Waals surface area (Å²) < 4.78 is 36.7. The molecule has 0 aliphatic heterocycles. The normalized spacial score (nSPS) is 11.6. The zero-order valence-corrected chi connectivity index (χ0v) is 17.8. The van der Waals surface area contributed by atoms with E-state index in [-0.39, 0.29) is 23.0 Å². The van der Waals surface area contributed by atoms with Crippen molar-refractivity contribution in [3.8, 4) is 11.4 Å². The molecule has 9 heteroatoms. The van der Waals surface area contributed by atoms with Crippen molar-refractivity contribution in [3.05, 3.63) is 65.5 Å². The molecule has 0 fully saturated rings. The maximum atomic E-state index is 12.5. The summed E-state index contributed by atoms with van der Waals surface area (Å²) in [6.45, 7) is 6.09. The summed E-state index contributed by atoms with van der Waals surface area (Å²) in [6, 6.07) is 13.3. The van der Waals surface area contributed by atoms with Crippen molar-refractivity contribution in [2.75, 3.05) is 13.1 Å². The Labute approximate surface area is 175 Å². The van der Waals surface area contributed by atoms with Crippen LogP contribution in [0.5, 0.6) is 0 Å². The molecule has 30 heavy (non-hydrogen) atoms. The van der Waals surface area contributed by atoms with Crippen LogP contribution >= 0.6 is 0 Å². The van der Waals surface area contributed by atoms with Crippen molar-refractivity contribution in [1.29, 1.82) is 0 Å². The topological polar surface area (TPSA) is 103 Å². The van der Waals surface area contributed by atoms with Crippen molar-refractivity contribution >= 4 is 16.0 Å². The van der Waals surface area contributed by atoms with Crippen LogP contribution in [0.1, 0.15) is 35.7 Å². The molecule has 8 nitrogen and oxygen atoms in total. The number of carbonyl (C=O) groups excluding carboxylic acids is 1. The second-order valence-corrected chi connectivity index (χ2v) is 8.51. The van der Waals surface area contributed by atoms with Gasteiger partial charge in [-0.25, -0.2) is 13.2 Å². The van der Waals surface area contributed by atoms with Gasteiger partial charge in [-0.3, -0.25) is 0 Å². The third-order valence-corrected chi connectivity index (χ3v) is 6.60. The number of hydrogen-bond acceptors (Lipinski definition) is 7. The minimum atomic E-state index is -3.58. The summed E-state index contributed by atoms with van der Waals surface area (Å²) in [5.41, 5.74) is 2.14. The Morgan fingerprint density at radius 1 is 1.03 bits per heavy atom. The Kier molecular flexibility index (Phi) is 6.63. The average molecular weight is 429 g/mol. The van der Waals surface area contributed by atoms with Crippen LogP contribution < -0.4 is 0 Å². The number of esters is 1. The van der Waals surface area contributed by atoms with Crippen molar-refractivity contribution in [2.24, 2.45) is 0 Å². The predicted octanol–water partition coefficient (Wildman–Crippen LogP) is 3.43. The number of aromatic nitrogens is 2. The highest BCUT2D eigenvalue weighted by molar-refractivity contribution is 7.89. The number of rotatable bonds is 8. The van der Waals surface area contributed by atoms with Gasteiger partial charge in [-0.2, -0.15) is 9.29 Å². The summed E-state index contributed by atoms with van der Waals surface area (Å²) in [4.78, 5) is 16.6. The van der Waals surface area contributed by atoms with E-state index in [0.717, 1.165) is 11.1 Å². The molecule has 0 unspecified atom stereocenters. The van der Waals surface area contributed by atoms with Gasteiger partial charge in [0.25, 0.3) is 5.89 Å². The molecule has 0 aliphatic carbocycles. The molecular weight excluding hydrogens is 406 g/mol. The number of aryl methyl sites for hydroxylation is 1. The van der Waals surface area contributed by atoms with Gasteiger partial charge in [0.1, 0.15) is 0 Å². The maximum absolute atomic E-state index is 12.5. The molecule has 0 saturated carbocycles. The van der Waals surface area contributed by atoms with E-state index in [9.17, 15) is 13.2 Å². The molecule has 0 amide bonds. The highest BCUT2D eigenvalue weighted by Gasteiger charge is 2.22. The zero-order valence-electron chi connectivity index (χ0n) is 17.0. The third kappa shape index (κ3) is 4.74. The molecule has 0 saturated heterocycles. The maximum Gasteiger partial charge on any atom is 0.338 e. The van der Waals surface area contributed by atoms with Crippen LogP contribution in [0.2, 0.25) is 0 Å². The number of sulfonamides is 1. The first-order valence-electron chi connectivity index (χ1n) is 9.52. The monoisotopic (exact) mass is 429 g/mol. The van der Waals surface area contributed by atoms with Gasteiger partial charge in [-0.05, 0) is 31.2 Å². The first-order chi connectivity index (χ1) is 14.3. The van der Waals surface area contributed by atoms with Crippen molar-refractivity contribution < 1.29 is 22.5 Å². The van der Waals surface area contributed by atoms with Crippen LogP contribution in [-0.4, -0.2) is 41.9 Å². The summed E-state index contributed by atoms with van der Waals surface area (Å²) in [5, 5.41) is 3.89. The van der Waals surface area contributed by atoms with E-state index in [4.69, 9.17) is 9.26 Å². The lowest BCUT2D eigenvalue weighted by Gasteiger charge is -2.18. The Morgan fingerprint density at radius 2 is 1.67 bits per heavy atom. The second kappa shape index (κ2) is 9.19. The number of ether oxygens (including phenoxy) is 1. The molecule has 0 bridgehead atoms. The molecule has 1 aromatic heterocycles. The third-order valence-electron chi connectivity index (χ3n) is 4.54. The predicted molar refractivity (Wildman–Crippen MR) is 110 cm³/mol. The van der Waals surface area contributed by atoms with Gasteiger partial charge in [0.05, 0.1) is 10.5 Å². The smallest absolute Gasteiger partial charge is 0.338 e. The molecule has 0 spiro atoms. The summed E-state index contributed by atoms with van der Waals surface area (Å²) >= 11 is 0. The first kappa shape index (κ1) is 21.7. The summed E-state index contributed by atoms with van der Waals surface area (Å²) in [7, 11) is -3.58. The van der Waals surface area contributed by atoms with Gasteiger partial charge >= 0.3 is 5.97 Å². The molecule has 0 radical (unpaired) electrons. The molecule has 3 rings (SSSR count). The van der Waals surface area contributed by atoms with E-state index >= 15 is 0 Å². The van der Waals surface area contributed by atoms with Gasteiger partial charge in [-0.1, -0.05) is 48.8 Å². The minimum absolute atomic E-state index is 0.127. The van der Waals surface area contributed by atoms with Crippen LogP contribution in [0.25, 0.3) is 11.4 Å². The van der Waals surface area contributed by atoms with Gasteiger partial charge in [-0.15, -0.1) is 0 Å². The van der Waals surface area contributed by atoms with Gasteiger partial charge in [0.2, 0.25) is 15.8 Å². The highest BCUT2D eigenvalue weighted by Crippen LogP contribution is 2.18. The van der Waals surface area contributed by atoms with Gasteiger partial charge in [0.15, 0.2) is 6.61 Å². The van der Waals surface area contributed by atoms with Gasteiger partial charge < -0.3 is 9.26 Å². The molecule has 0 N–H and O–H groups in total. The lowest BCUT2D eigenvalue weighted by Crippen LogP contribution is -2.30. The minimum Gasteiger partial charge on any atom is -0.452 e. The molecule has 158 valence electrons. The first-order valence-corrected chi connectivity index (χ1v) is 11.0. The molecule has 0 atom stereocenters. The quantitative estimate of drug-likeness (QED) is 0.505. The summed E-state index contributed by atoms with van der Waals surface area (Å²) in [6.07, 6.45) is 0. The van der Waals surface area contributed by atoms with E-state index in [1.54, 1.807) is 13.8 Å². The Balaban J connectivity index is 1.64. The van der Waals surface area contributed by atoms with Crippen molar-refractivity contribution in [1.82, 2.24) is 14.4 Å². The number of benzene rings is 2. The van der Waals surface area contributed by atoms with Crippen LogP contribution in [0.4, 0.5) is 0 Å². The SMILES string of the molecule is CCN(CC)S(=O)(=O)c1ccc(C(=O)OCc2nc(-c3ccc(C)cc3)no2)cc1. The molecule has 1 heterocycles. The van der Waals surface area contributed by atoms with E-state index < -0.39 is 16.0 Å². The average Bonchev–Trinajstić information content (AvgIpc) is 3.22. The molecule has 0 aliphatic rings. The lowest BCUT2D eigenvalue weighted by molar-refractivity contribution is 0.0429. The van der Waals surface area contributed by atoms with Crippen LogP contribution in [0, 0.1) is 6.92 Å².